The second-order valence-corrected chi connectivity index (χ2v) is 7.57. The molecule has 0 heterocycles. The highest BCUT2D eigenvalue weighted by atomic mass is 35.5. The molecule has 0 N–H and O–H groups in total. The van der Waals surface area contributed by atoms with E-state index in [1.807, 2.05) is 12.1 Å². The number of nitrogens with zero attached hydrogens (tertiary/aromatic N) is 1. The zero-order valence-corrected chi connectivity index (χ0v) is 16.2. The molecule has 0 aliphatic carbocycles. The van der Waals surface area contributed by atoms with E-state index in [1.165, 1.54) is 13.0 Å². The van der Waals surface area contributed by atoms with Gasteiger partial charge in [0.1, 0.15) is 0 Å². The van der Waals surface area contributed by atoms with Crippen LogP contribution < -0.4 is 0 Å². The number of hydrogen-bond donors (Lipinski definition) is 0. The van der Waals surface area contributed by atoms with E-state index in [1.54, 1.807) is 12.1 Å². The van der Waals surface area contributed by atoms with Crippen LogP contribution in [0.3, 0.4) is 0 Å². The molecule has 0 aliphatic heterocycles. The van der Waals surface area contributed by atoms with Gasteiger partial charge < -0.3 is 4.74 Å². The van der Waals surface area contributed by atoms with Crippen molar-refractivity contribution in [3.05, 3.63) is 74.3 Å². The summed E-state index contributed by atoms with van der Waals surface area (Å²) in [5.74, 6) is -1.16. The summed E-state index contributed by atoms with van der Waals surface area (Å²) in [5.41, 5.74) is 1.20. The Hall–Kier alpha value is -2.73. The first-order valence-electron chi connectivity index (χ1n) is 8.30. The summed E-state index contributed by atoms with van der Waals surface area (Å²) >= 11 is 5.92. The molecule has 27 heavy (non-hydrogen) atoms. The van der Waals surface area contributed by atoms with Crippen LogP contribution in [-0.4, -0.2) is 22.8 Å². The van der Waals surface area contributed by atoms with Gasteiger partial charge >= 0.3 is 5.97 Å². The Morgan fingerprint density at radius 3 is 2.19 bits per heavy atom. The smallest absolute Gasteiger partial charge is 0.340 e. The second kappa shape index (κ2) is 7.88. The van der Waals surface area contributed by atoms with Gasteiger partial charge in [0.2, 0.25) is 5.78 Å². The fourth-order valence-corrected chi connectivity index (χ4v) is 2.68. The van der Waals surface area contributed by atoms with E-state index < -0.39 is 17.0 Å². The van der Waals surface area contributed by atoms with Gasteiger partial charge in [0.05, 0.1) is 15.5 Å². The number of hydrogen-bond acceptors (Lipinski definition) is 5. The topological polar surface area (TPSA) is 86.5 Å². The Morgan fingerprint density at radius 2 is 1.70 bits per heavy atom. The number of halogens is 1. The fourth-order valence-electron chi connectivity index (χ4n) is 2.43. The summed E-state index contributed by atoms with van der Waals surface area (Å²) in [6.07, 6.45) is -1.02. The lowest BCUT2D eigenvalue weighted by Gasteiger charge is -2.19. The summed E-state index contributed by atoms with van der Waals surface area (Å²) in [6.45, 7) is 7.68. The predicted molar refractivity (Wildman–Crippen MR) is 102 cm³/mol. The number of non-ortho nitro benzene ring substituents is 1. The van der Waals surface area contributed by atoms with Crippen LogP contribution in [0.2, 0.25) is 5.02 Å². The van der Waals surface area contributed by atoms with Crippen molar-refractivity contribution < 1.29 is 19.2 Å². The lowest BCUT2D eigenvalue weighted by Crippen LogP contribution is -2.24. The average Bonchev–Trinajstić information content (AvgIpc) is 2.60. The van der Waals surface area contributed by atoms with Gasteiger partial charge in [0, 0.05) is 17.7 Å². The molecule has 0 saturated heterocycles. The summed E-state index contributed by atoms with van der Waals surface area (Å²) in [6, 6.07) is 10.6. The van der Waals surface area contributed by atoms with E-state index in [9.17, 15) is 19.7 Å². The van der Waals surface area contributed by atoms with Gasteiger partial charge in [0.15, 0.2) is 6.10 Å². The van der Waals surface area contributed by atoms with Crippen molar-refractivity contribution in [2.24, 2.45) is 0 Å². The molecular formula is C20H20ClNO5. The third-order valence-corrected chi connectivity index (χ3v) is 4.38. The highest BCUT2D eigenvalue weighted by Crippen LogP contribution is 2.25. The van der Waals surface area contributed by atoms with Crippen molar-refractivity contribution in [3.63, 3.8) is 0 Å². The van der Waals surface area contributed by atoms with E-state index in [0.717, 1.165) is 17.7 Å². The van der Waals surface area contributed by atoms with Crippen LogP contribution in [0.15, 0.2) is 42.5 Å². The first-order valence-corrected chi connectivity index (χ1v) is 8.68. The molecule has 0 bridgehead atoms. The third-order valence-electron chi connectivity index (χ3n) is 4.07. The van der Waals surface area contributed by atoms with E-state index >= 15 is 0 Å². The summed E-state index contributed by atoms with van der Waals surface area (Å²) in [5, 5.41) is 10.6. The number of benzene rings is 2. The highest BCUT2D eigenvalue weighted by Gasteiger charge is 2.23. The first kappa shape index (κ1) is 20.6. The van der Waals surface area contributed by atoms with Crippen molar-refractivity contribution in [1.82, 2.24) is 0 Å². The van der Waals surface area contributed by atoms with Gasteiger partial charge in [-0.25, -0.2) is 4.79 Å². The second-order valence-electron chi connectivity index (χ2n) is 7.16. The van der Waals surface area contributed by atoms with Crippen LogP contribution in [-0.2, 0) is 10.2 Å². The van der Waals surface area contributed by atoms with Crippen LogP contribution in [0, 0.1) is 10.1 Å². The molecule has 2 aromatic rings. The van der Waals surface area contributed by atoms with Crippen LogP contribution in [0.4, 0.5) is 5.69 Å². The van der Waals surface area contributed by atoms with Crippen LogP contribution in [0.25, 0.3) is 0 Å². The standard InChI is InChI=1S/C20H20ClNO5/c1-12(18(23)13-5-7-14(8-6-13)20(2,3)4)27-19(24)16-10-9-15(22(25)26)11-17(16)21/h5-12H,1-4H3/t12-/m1/s1. The van der Waals surface area contributed by atoms with Gasteiger partial charge in [-0.1, -0.05) is 56.6 Å². The zero-order valence-electron chi connectivity index (χ0n) is 15.5. The van der Waals surface area contributed by atoms with Crippen LogP contribution in [0.1, 0.15) is 54.0 Å². The Labute approximate surface area is 162 Å². The molecule has 0 radical (unpaired) electrons. The van der Waals surface area contributed by atoms with E-state index in [-0.39, 0.29) is 27.5 Å². The Kier molecular flexibility index (Phi) is 6.01. The number of esters is 1. The molecule has 0 aliphatic rings. The summed E-state index contributed by atoms with van der Waals surface area (Å²) < 4.78 is 5.19. The maximum Gasteiger partial charge on any atom is 0.340 e. The van der Waals surface area contributed by atoms with Crippen LogP contribution in [0.5, 0.6) is 0 Å². The van der Waals surface area contributed by atoms with Gasteiger partial charge in [-0.3, -0.25) is 14.9 Å². The maximum absolute atomic E-state index is 12.5. The molecular weight excluding hydrogens is 370 g/mol. The lowest BCUT2D eigenvalue weighted by molar-refractivity contribution is -0.384. The van der Waals surface area contributed by atoms with Crippen molar-refractivity contribution in [2.75, 3.05) is 0 Å². The number of nitro groups is 1. The van der Waals surface area contributed by atoms with Crippen molar-refractivity contribution in [2.45, 2.75) is 39.2 Å². The molecule has 2 rings (SSSR count). The van der Waals surface area contributed by atoms with Gasteiger partial charge in [0.25, 0.3) is 5.69 Å². The van der Waals surface area contributed by atoms with E-state index in [4.69, 9.17) is 16.3 Å². The van der Waals surface area contributed by atoms with Crippen LogP contribution >= 0.6 is 11.6 Å². The summed E-state index contributed by atoms with van der Waals surface area (Å²) in [4.78, 5) is 34.9. The maximum atomic E-state index is 12.5. The molecule has 0 unspecified atom stereocenters. The number of ether oxygens (including phenoxy) is 1. The molecule has 1 atom stereocenters. The van der Waals surface area contributed by atoms with Crippen molar-refractivity contribution >= 4 is 29.0 Å². The average molecular weight is 390 g/mol. The minimum atomic E-state index is -1.02. The van der Waals surface area contributed by atoms with Crippen molar-refractivity contribution in [1.29, 1.82) is 0 Å². The first-order chi connectivity index (χ1) is 12.5. The highest BCUT2D eigenvalue weighted by molar-refractivity contribution is 6.33. The Balaban J connectivity index is 2.12. The number of carbonyl (C=O) groups excluding carboxylic acids is 2. The molecule has 142 valence electrons. The number of carbonyl (C=O) groups is 2. The normalized spacial score (nSPS) is 12.3. The van der Waals surface area contributed by atoms with Crippen molar-refractivity contribution in [3.8, 4) is 0 Å². The number of ketones is 1. The number of Topliss-reactive ketones (excluding diaryl/α,β-unsaturated/α-hetero) is 1. The molecule has 0 aromatic heterocycles. The van der Waals surface area contributed by atoms with Gasteiger partial charge in [-0.2, -0.15) is 0 Å². The minimum absolute atomic E-state index is 0.0354. The molecule has 0 amide bonds. The molecule has 0 fully saturated rings. The number of nitro benzene ring substituents is 1. The third kappa shape index (κ3) is 4.92. The zero-order chi connectivity index (χ0) is 20.4. The Morgan fingerprint density at radius 1 is 1.11 bits per heavy atom. The quantitative estimate of drug-likeness (QED) is 0.311. The molecule has 0 spiro atoms. The van der Waals surface area contributed by atoms with Gasteiger partial charge in [-0.15, -0.1) is 0 Å². The number of rotatable bonds is 5. The SMILES string of the molecule is C[C@@H](OC(=O)c1ccc([N+](=O)[O-])cc1Cl)C(=O)c1ccc(C(C)(C)C)cc1. The largest absolute Gasteiger partial charge is 0.451 e. The van der Waals surface area contributed by atoms with Gasteiger partial charge in [-0.05, 0) is 24.0 Å². The van der Waals surface area contributed by atoms with E-state index in [2.05, 4.69) is 20.8 Å². The van der Waals surface area contributed by atoms with E-state index in [0.29, 0.717) is 5.56 Å². The monoisotopic (exact) mass is 389 g/mol. The molecule has 2 aromatic carbocycles. The molecule has 7 heteroatoms. The summed E-state index contributed by atoms with van der Waals surface area (Å²) in [7, 11) is 0. The Bertz CT molecular complexity index is 884. The predicted octanol–water partition coefficient (Wildman–Crippen LogP) is 4.97. The lowest BCUT2D eigenvalue weighted by atomic mass is 9.86. The molecule has 0 saturated carbocycles. The minimum Gasteiger partial charge on any atom is -0.451 e. The molecule has 6 nitrogen and oxygen atoms in total. The fraction of sp³-hybridized carbons (Fsp3) is 0.300.